The monoisotopic (exact) mass is 293 g/mol. The fourth-order valence-electron chi connectivity index (χ4n) is 0.934. The molecule has 0 bridgehead atoms. The van der Waals surface area contributed by atoms with Gasteiger partial charge in [-0.3, -0.25) is 19.2 Å². The van der Waals surface area contributed by atoms with Crippen LogP contribution in [0, 0.1) is 0 Å². The van der Waals surface area contributed by atoms with Crippen LogP contribution < -0.4 is 5.32 Å². The van der Waals surface area contributed by atoms with Crippen LogP contribution in [-0.2, 0) is 19.2 Å². The van der Waals surface area contributed by atoms with Gasteiger partial charge >= 0.3 is 5.97 Å². The average Bonchev–Trinajstić information content (AvgIpc) is 2.22. The highest BCUT2D eigenvalue weighted by atomic mass is 32.2. The van der Waals surface area contributed by atoms with E-state index in [-0.39, 0.29) is 35.5 Å². The molecule has 0 aliphatic heterocycles. The van der Waals surface area contributed by atoms with E-state index >= 15 is 0 Å². The van der Waals surface area contributed by atoms with Crippen molar-refractivity contribution in [2.75, 3.05) is 6.54 Å². The molecule has 0 aliphatic carbocycles. The summed E-state index contributed by atoms with van der Waals surface area (Å²) in [5.74, 6) is -1.29. The number of carboxylic acid groups (broad SMARTS) is 1. The van der Waals surface area contributed by atoms with Crippen molar-refractivity contribution in [1.29, 1.82) is 0 Å². The van der Waals surface area contributed by atoms with Crippen LogP contribution in [0.1, 0.15) is 26.7 Å². The molecule has 0 rings (SSSR count). The molecule has 18 heavy (non-hydrogen) atoms. The maximum atomic E-state index is 11.4. The first-order valence-corrected chi connectivity index (χ1v) is 6.90. The summed E-state index contributed by atoms with van der Waals surface area (Å²) in [6, 6.07) is 0. The van der Waals surface area contributed by atoms with Crippen molar-refractivity contribution in [2.24, 2.45) is 0 Å². The van der Waals surface area contributed by atoms with Crippen LogP contribution in [0.3, 0.4) is 0 Å². The predicted octanol–water partition coefficient (Wildman–Crippen LogP) is 0.853. The number of amides is 1. The Morgan fingerprint density at radius 1 is 1.11 bits per heavy atom. The van der Waals surface area contributed by atoms with Crippen molar-refractivity contribution >= 4 is 45.6 Å². The number of thioether (sulfide) groups is 2. The van der Waals surface area contributed by atoms with Gasteiger partial charge in [0.1, 0.15) is 0 Å². The minimum absolute atomic E-state index is 0.0883. The van der Waals surface area contributed by atoms with Crippen LogP contribution in [-0.4, -0.2) is 38.3 Å². The van der Waals surface area contributed by atoms with Gasteiger partial charge in [-0.2, -0.15) is 0 Å². The van der Waals surface area contributed by atoms with E-state index in [2.05, 4.69) is 5.32 Å². The summed E-state index contributed by atoms with van der Waals surface area (Å²) in [5, 5.41) is 10.5. The zero-order valence-electron chi connectivity index (χ0n) is 10.1. The van der Waals surface area contributed by atoms with E-state index in [9.17, 15) is 19.2 Å². The average molecular weight is 293 g/mol. The van der Waals surface area contributed by atoms with E-state index in [0.29, 0.717) is 0 Å². The van der Waals surface area contributed by atoms with Crippen molar-refractivity contribution in [1.82, 2.24) is 5.32 Å². The lowest BCUT2D eigenvalue weighted by atomic mass is 10.3. The van der Waals surface area contributed by atoms with Crippen LogP contribution in [0.5, 0.6) is 0 Å². The van der Waals surface area contributed by atoms with E-state index in [1.807, 2.05) is 0 Å². The third-order valence-corrected chi connectivity index (χ3v) is 3.86. The van der Waals surface area contributed by atoms with Gasteiger partial charge in [0.25, 0.3) is 0 Å². The molecular formula is C10H15NO5S2. The Morgan fingerprint density at radius 2 is 1.72 bits per heavy atom. The van der Waals surface area contributed by atoms with Crippen LogP contribution in [0.4, 0.5) is 0 Å². The topological polar surface area (TPSA) is 101 Å². The Hall–Kier alpha value is -1.02. The minimum atomic E-state index is -1.04. The molecule has 0 aromatic carbocycles. The molecule has 0 aliphatic rings. The lowest BCUT2D eigenvalue weighted by molar-refractivity contribution is -0.138. The summed E-state index contributed by atoms with van der Waals surface area (Å²) in [6.07, 6.45) is -0.321. The van der Waals surface area contributed by atoms with E-state index < -0.39 is 10.6 Å². The summed E-state index contributed by atoms with van der Waals surface area (Å²) in [4.78, 5) is 43.5. The second-order valence-corrected chi connectivity index (χ2v) is 6.30. The van der Waals surface area contributed by atoms with Gasteiger partial charge in [0, 0.05) is 26.8 Å². The van der Waals surface area contributed by atoms with E-state index in [4.69, 9.17) is 5.11 Å². The summed E-state index contributed by atoms with van der Waals surface area (Å²) in [7, 11) is 0. The molecule has 102 valence electrons. The summed E-state index contributed by atoms with van der Waals surface area (Å²) < 4.78 is -0.423. The van der Waals surface area contributed by atoms with Crippen molar-refractivity contribution in [3.63, 3.8) is 0 Å². The fraction of sp³-hybridized carbons (Fsp3) is 0.600. The molecule has 8 heteroatoms. The molecule has 0 fully saturated rings. The number of carbonyl (C=O) groups excluding carboxylic acids is 3. The van der Waals surface area contributed by atoms with Gasteiger partial charge in [-0.05, 0) is 0 Å². The number of aliphatic carboxylic acids is 1. The molecule has 1 atom stereocenters. The minimum Gasteiger partial charge on any atom is -0.481 e. The summed E-state index contributed by atoms with van der Waals surface area (Å²) in [5.41, 5.74) is 0. The third-order valence-electron chi connectivity index (χ3n) is 1.62. The zero-order valence-corrected chi connectivity index (χ0v) is 11.7. The predicted molar refractivity (Wildman–Crippen MR) is 70.2 cm³/mol. The van der Waals surface area contributed by atoms with E-state index in [1.165, 1.54) is 13.8 Å². The highest BCUT2D eigenvalue weighted by molar-refractivity contribution is 8.29. The largest absolute Gasteiger partial charge is 0.481 e. The first-order chi connectivity index (χ1) is 8.31. The van der Waals surface area contributed by atoms with Gasteiger partial charge in [0.15, 0.2) is 10.2 Å². The van der Waals surface area contributed by atoms with Gasteiger partial charge in [-0.15, -0.1) is 0 Å². The Kier molecular flexibility index (Phi) is 8.47. The zero-order chi connectivity index (χ0) is 14.1. The van der Waals surface area contributed by atoms with E-state index in [0.717, 1.165) is 23.5 Å². The standard InChI is InChI=1S/C10H15NO5S2/c1-6(12)11-5-10(17-7(2)13)18-9(16)4-3-8(14)15/h10H,3-5H2,1-2H3,(H,11,12)(H,14,15). The highest BCUT2D eigenvalue weighted by Crippen LogP contribution is 2.25. The van der Waals surface area contributed by atoms with Crippen LogP contribution >= 0.6 is 23.5 Å². The number of hydrogen-bond acceptors (Lipinski definition) is 6. The van der Waals surface area contributed by atoms with Gasteiger partial charge in [-0.1, -0.05) is 23.5 Å². The third kappa shape index (κ3) is 10.2. The highest BCUT2D eigenvalue weighted by Gasteiger charge is 2.18. The molecule has 0 heterocycles. The van der Waals surface area contributed by atoms with Gasteiger partial charge in [0.05, 0.1) is 11.0 Å². The lowest BCUT2D eigenvalue weighted by Gasteiger charge is -2.13. The first-order valence-electron chi connectivity index (χ1n) is 5.14. The lowest BCUT2D eigenvalue weighted by Crippen LogP contribution is -2.28. The molecule has 2 N–H and O–H groups in total. The second kappa shape index (κ2) is 8.98. The van der Waals surface area contributed by atoms with Crippen molar-refractivity contribution in [3.8, 4) is 0 Å². The molecule has 0 aromatic rings. The maximum Gasteiger partial charge on any atom is 0.303 e. The molecule has 6 nitrogen and oxygen atoms in total. The molecule has 0 saturated carbocycles. The van der Waals surface area contributed by atoms with Crippen LogP contribution in [0.2, 0.25) is 0 Å². The van der Waals surface area contributed by atoms with Gasteiger partial charge in [-0.25, -0.2) is 0 Å². The molecule has 0 spiro atoms. The maximum absolute atomic E-state index is 11.4. The Balaban J connectivity index is 4.20. The molecule has 0 saturated heterocycles. The Bertz CT molecular complexity index is 345. The van der Waals surface area contributed by atoms with Crippen molar-refractivity contribution in [2.45, 2.75) is 31.3 Å². The second-order valence-electron chi connectivity index (χ2n) is 3.36. The quantitative estimate of drug-likeness (QED) is 0.671. The molecule has 0 radical (unpaired) electrons. The summed E-state index contributed by atoms with van der Waals surface area (Å²) in [6.45, 7) is 2.89. The SMILES string of the molecule is CC(=O)NCC(SC(C)=O)SC(=O)CCC(=O)O. The number of hydrogen-bond donors (Lipinski definition) is 2. The van der Waals surface area contributed by atoms with Gasteiger partial charge in [0.2, 0.25) is 5.91 Å². The summed E-state index contributed by atoms with van der Waals surface area (Å²) >= 11 is 1.83. The molecular weight excluding hydrogens is 278 g/mol. The van der Waals surface area contributed by atoms with E-state index in [1.54, 1.807) is 0 Å². The number of nitrogens with one attached hydrogen (secondary N) is 1. The smallest absolute Gasteiger partial charge is 0.303 e. The van der Waals surface area contributed by atoms with Crippen LogP contribution in [0.15, 0.2) is 0 Å². The Labute approximate surface area is 113 Å². The fourth-order valence-corrected chi connectivity index (χ4v) is 3.07. The molecule has 1 amide bonds. The number of carbonyl (C=O) groups is 4. The molecule has 1 unspecified atom stereocenters. The van der Waals surface area contributed by atoms with Crippen LogP contribution in [0.25, 0.3) is 0 Å². The number of carboxylic acids is 1. The van der Waals surface area contributed by atoms with Gasteiger partial charge < -0.3 is 10.4 Å². The molecule has 0 aromatic heterocycles. The normalized spacial score (nSPS) is 11.7. The number of rotatable bonds is 7. The van der Waals surface area contributed by atoms with Crippen molar-refractivity contribution in [3.05, 3.63) is 0 Å². The first kappa shape index (κ1) is 17.0. The van der Waals surface area contributed by atoms with Crippen molar-refractivity contribution < 1.29 is 24.3 Å². The Morgan fingerprint density at radius 3 is 2.17 bits per heavy atom.